The molecule has 0 radical (unpaired) electrons. The number of benzene rings is 1. The number of nitro groups is 1. The van der Waals surface area contributed by atoms with E-state index in [1.54, 1.807) is 4.90 Å². The van der Waals surface area contributed by atoms with E-state index in [-0.39, 0.29) is 23.6 Å². The molecule has 1 aromatic rings. The Labute approximate surface area is 144 Å². The van der Waals surface area contributed by atoms with Crippen LogP contribution in [0.5, 0.6) is 0 Å². The summed E-state index contributed by atoms with van der Waals surface area (Å²) in [4.78, 5) is 35.7. The zero-order valence-corrected chi connectivity index (χ0v) is 13.7. The Kier molecular flexibility index (Phi) is 4.98. The van der Waals surface area contributed by atoms with Crippen molar-refractivity contribution in [1.82, 2.24) is 4.90 Å². The molecule has 2 aliphatic rings. The number of carboxylic acids is 1. The summed E-state index contributed by atoms with van der Waals surface area (Å²) in [6.45, 7) is 1.54. The highest BCUT2D eigenvalue weighted by molar-refractivity contribution is 5.94. The molecule has 134 valence electrons. The topological polar surface area (TPSA) is 110 Å². The number of piperidine rings is 1. The van der Waals surface area contributed by atoms with Crippen LogP contribution in [0.1, 0.15) is 29.6 Å². The Morgan fingerprint density at radius 1 is 1.16 bits per heavy atom. The van der Waals surface area contributed by atoms with Gasteiger partial charge in [-0.05, 0) is 37.3 Å². The quantitative estimate of drug-likeness (QED) is 0.658. The summed E-state index contributed by atoms with van der Waals surface area (Å²) >= 11 is 0. The second-order valence-corrected chi connectivity index (χ2v) is 6.50. The van der Waals surface area contributed by atoms with Gasteiger partial charge in [-0.15, -0.1) is 0 Å². The highest BCUT2D eigenvalue weighted by atomic mass is 16.6. The number of carbonyl (C=O) groups excluding carboxylic acids is 1. The lowest BCUT2D eigenvalue weighted by Crippen LogP contribution is -2.43. The van der Waals surface area contributed by atoms with E-state index in [2.05, 4.69) is 0 Å². The van der Waals surface area contributed by atoms with E-state index in [9.17, 15) is 24.8 Å². The predicted molar refractivity (Wildman–Crippen MR) is 87.2 cm³/mol. The summed E-state index contributed by atoms with van der Waals surface area (Å²) < 4.78 is 5.63. The summed E-state index contributed by atoms with van der Waals surface area (Å²) in [5.74, 6) is -1.28. The smallest absolute Gasteiger partial charge is 0.309 e. The summed E-state index contributed by atoms with van der Waals surface area (Å²) in [5, 5.41) is 19.9. The molecule has 1 N–H and O–H groups in total. The molecule has 25 heavy (non-hydrogen) atoms. The zero-order chi connectivity index (χ0) is 18.0. The molecule has 0 aliphatic carbocycles. The van der Waals surface area contributed by atoms with Crippen LogP contribution >= 0.6 is 0 Å². The first-order chi connectivity index (χ1) is 12.0. The molecule has 2 fully saturated rings. The zero-order valence-electron chi connectivity index (χ0n) is 13.7. The average Bonchev–Trinajstić information content (AvgIpc) is 3.11. The second-order valence-electron chi connectivity index (χ2n) is 6.50. The summed E-state index contributed by atoms with van der Waals surface area (Å²) in [7, 11) is 0. The number of carboxylic acid groups (broad SMARTS) is 1. The molecular weight excluding hydrogens is 328 g/mol. The number of aliphatic carboxylic acids is 1. The van der Waals surface area contributed by atoms with Crippen LogP contribution in [0.4, 0.5) is 5.69 Å². The molecule has 2 atom stereocenters. The van der Waals surface area contributed by atoms with E-state index in [0.717, 1.165) is 0 Å². The van der Waals surface area contributed by atoms with Crippen molar-refractivity contribution in [2.45, 2.75) is 25.4 Å². The van der Waals surface area contributed by atoms with E-state index >= 15 is 0 Å². The minimum atomic E-state index is -0.813. The third-order valence-electron chi connectivity index (χ3n) is 5.07. The van der Waals surface area contributed by atoms with Gasteiger partial charge in [0, 0.05) is 37.4 Å². The molecule has 1 unspecified atom stereocenters. The van der Waals surface area contributed by atoms with Gasteiger partial charge in [-0.3, -0.25) is 19.7 Å². The van der Waals surface area contributed by atoms with Crippen LogP contribution in [0, 0.1) is 22.0 Å². The molecule has 8 nitrogen and oxygen atoms in total. The Bertz CT molecular complexity index is 666. The van der Waals surface area contributed by atoms with Crippen molar-refractivity contribution in [1.29, 1.82) is 0 Å². The van der Waals surface area contributed by atoms with Crippen LogP contribution in [-0.4, -0.2) is 52.6 Å². The first kappa shape index (κ1) is 17.3. The number of rotatable bonds is 4. The van der Waals surface area contributed by atoms with Crippen molar-refractivity contribution in [3.63, 3.8) is 0 Å². The Morgan fingerprint density at radius 3 is 2.36 bits per heavy atom. The van der Waals surface area contributed by atoms with Crippen molar-refractivity contribution < 1.29 is 24.4 Å². The molecule has 0 aromatic heterocycles. The van der Waals surface area contributed by atoms with E-state index in [1.807, 2.05) is 0 Å². The predicted octanol–water partition coefficient (Wildman–Crippen LogP) is 1.94. The van der Waals surface area contributed by atoms with E-state index < -0.39 is 16.8 Å². The molecule has 8 heteroatoms. The number of nitrogens with zero attached hydrogens (tertiary/aromatic N) is 2. The third-order valence-corrected chi connectivity index (χ3v) is 5.07. The van der Waals surface area contributed by atoms with Gasteiger partial charge in [0.2, 0.25) is 0 Å². The lowest BCUT2D eigenvalue weighted by atomic mass is 9.84. The normalized spacial score (nSPS) is 24.2. The molecule has 2 aliphatic heterocycles. The Balaban J connectivity index is 1.59. The monoisotopic (exact) mass is 348 g/mol. The number of hydrogen-bond donors (Lipinski definition) is 1. The van der Waals surface area contributed by atoms with Crippen LogP contribution in [-0.2, 0) is 9.53 Å². The second kappa shape index (κ2) is 7.18. The highest BCUT2D eigenvalue weighted by Crippen LogP contribution is 2.33. The van der Waals surface area contributed by atoms with Gasteiger partial charge in [0.25, 0.3) is 11.6 Å². The third kappa shape index (κ3) is 3.63. The first-order valence-electron chi connectivity index (χ1n) is 8.35. The van der Waals surface area contributed by atoms with Crippen molar-refractivity contribution in [2.75, 3.05) is 19.7 Å². The average molecular weight is 348 g/mol. The van der Waals surface area contributed by atoms with Crippen molar-refractivity contribution in [3.8, 4) is 0 Å². The van der Waals surface area contributed by atoms with Gasteiger partial charge in [-0.2, -0.15) is 0 Å². The molecule has 0 bridgehead atoms. The maximum Gasteiger partial charge on any atom is 0.309 e. The summed E-state index contributed by atoms with van der Waals surface area (Å²) in [5.41, 5.74) is 0.373. The summed E-state index contributed by atoms with van der Waals surface area (Å²) in [6.07, 6.45) is 1.68. The maximum absolute atomic E-state index is 12.5. The van der Waals surface area contributed by atoms with Crippen LogP contribution in [0.25, 0.3) is 0 Å². The molecule has 1 aromatic carbocycles. The van der Waals surface area contributed by atoms with Crippen LogP contribution in [0.15, 0.2) is 24.3 Å². The number of likely N-dealkylation sites (tertiary alicyclic amines) is 1. The van der Waals surface area contributed by atoms with Crippen LogP contribution < -0.4 is 0 Å². The highest BCUT2D eigenvalue weighted by Gasteiger charge is 2.40. The van der Waals surface area contributed by atoms with Crippen molar-refractivity contribution in [2.24, 2.45) is 11.8 Å². The lowest BCUT2D eigenvalue weighted by Gasteiger charge is -2.35. The van der Waals surface area contributed by atoms with Gasteiger partial charge in [0.1, 0.15) is 0 Å². The van der Waals surface area contributed by atoms with E-state index in [1.165, 1.54) is 24.3 Å². The van der Waals surface area contributed by atoms with Crippen molar-refractivity contribution >= 4 is 17.6 Å². The van der Waals surface area contributed by atoms with E-state index in [0.29, 0.717) is 44.5 Å². The van der Waals surface area contributed by atoms with Crippen LogP contribution in [0.2, 0.25) is 0 Å². The molecule has 1 amide bonds. The Morgan fingerprint density at radius 2 is 1.80 bits per heavy atom. The molecule has 2 saturated heterocycles. The minimum Gasteiger partial charge on any atom is -0.481 e. The number of hydrogen-bond acceptors (Lipinski definition) is 5. The number of carbonyl (C=O) groups is 2. The molecule has 2 heterocycles. The van der Waals surface area contributed by atoms with E-state index in [4.69, 9.17) is 4.74 Å². The fraction of sp³-hybridized carbons (Fsp3) is 0.529. The molecule has 0 spiro atoms. The standard InChI is InChI=1S/C17H20N2O6/c20-16(12-1-3-13(4-2-12)19(23)24)18-8-5-11(6-9-18)15-14(17(21)22)7-10-25-15/h1-4,11,14-15H,5-10H2,(H,21,22)/t14?,15-/m0/s1. The number of ether oxygens (including phenoxy) is 1. The van der Waals surface area contributed by atoms with Gasteiger partial charge >= 0.3 is 5.97 Å². The fourth-order valence-corrected chi connectivity index (χ4v) is 3.68. The molecule has 3 rings (SSSR count). The maximum atomic E-state index is 12.5. The fourth-order valence-electron chi connectivity index (χ4n) is 3.68. The SMILES string of the molecule is O=C(O)C1CCO[C@H]1C1CCN(C(=O)c2ccc([N+](=O)[O-])cc2)CC1. The van der Waals surface area contributed by atoms with Gasteiger partial charge in [0.15, 0.2) is 0 Å². The molecule has 0 saturated carbocycles. The molecular formula is C17H20N2O6. The lowest BCUT2D eigenvalue weighted by molar-refractivity contribution is -0.384. The number of amides is 1. The van der Waals surface area contributed by atoms with Crippen LogP contribution in [0.3, 0.4) is 0 Å². The van der Waals surface area contributed by atoms with Gasteiger partial charge in [-0.1, -0.05) is 0 Å². The number of nitro benzene ring substituents is 1. The first-order valence-corrected chi connectivity index (χ1v) is 8.35. The Hall–Kier alpha value is -2.48. The van der Waals surface area contributed by atoms with Crippen molar-refractivity contribution in [3.05, 3.63) is 39.9 Å². The minimum absolute atomic E-state index is 0.0478. The number of non-ortho nitro benzene ring substituents is 1. The summed E-state index contributed by atoms with van der Waals surface area (Å²) in [6, 6.07) is 5.58. The largest absolute Gasteiger partial charge is 0.481 e. The van der Waals surface area contributed by atoms with Gasteiger partial charge in [0.05, 0.1) is 16.9 Å². The van der Waals surface area contributed by atoms with Gasteiger partial charge in [-0.25, -0.2) is 0 Å². The van der Waals surface area contributed by atoms with Gasteiger partial charge < -0.3 is 14.7 Å².